The molecule has 3 aromatic rings. The largest absolute Gasteiger partial charge is 0.439 e. The zero-order valence-corrected chi connectivity index (χ0v) is 19.0. The van der Waals surface area contributed by atoms with E-state index in [1.54, 1.807) is 53.4 Å². The van der Waals surface area contributed by atoms with Crippen molar-refractivity contribution < 1.29 is 28.8 Å². The molecule has 2 aliphatic heterocycles. The first kappa shape index (κ1) is 23.5. The van der Waals surface area contributed by atoms with Gasteiger partial charge < -0.3 is 25.0 Å². The van der Waals surface area contributed by atoms with Crippen LogP contribution in [0.2, 0.25) is 0 Å². The Morgan fingerprint density at radius 3 is 2.56 bits per heavy atom. The molecule has 0 unspecified atom stereocenters. The smallest absolute Gasteiger partial charge is 0.380 e. The number of likely N-dealkylation sites (tertiary alicyclic amines) is 1. The van der Waals surface area contributed by atoms with E-state index in [-0.39, 0.29) is 24.9 Å². The third-order valence-corrected chi connectivity index (χ3v) is 6.09. The molecule has 2 aliphatic rings. The SMILES string of the molecule is O=C(Nc1ccc(-c2noc(=O)[nH]2)cc1)[C@H](O)[C@H]1OCCN(c2cccc(C(=O)N3CCC3)c2)C1=O. The van der Waals surface area contributed by atoms with Gasteiger partial charge in [-0.3, -0.25) is 23.9 Å². The quantitative estimate of drug-likeness (QED) is 0.451. The third kappa shape index (κ3) is 4.63. The van der Waals surface area contributed by atoms with Gasteiger partial charge in [-0.2, -0.15) is 0 Å². The molecule has 0 saturated carbocycles. The molecule has 3 N–H and O–H groups in total. The van der Waals surface area contributed by atoms with Crippen LogP contribution in [-0.4, -0.2) is 76.3 Å². The second-order valence-corrected chi connectivity index (χ2v) is 8.43. The number of aromatic nitrogens is 2. The number of aliphatic hydroxyl groups excluding tert-OH is 1. The predicted molar refractivity (Wildman–Crippen MR) is 126 cm³/mol. The number of benzene rings is 2. The van der Waals surface area contributed by atoms with E-state index in [1.165, 1.54) is 4.90 Å². The van der Waals surface area contributed by atoms with Gasteiger partial charge >= 0.3 is 5.76 Å². The van der Waals surface area contributed by atoms with Crippen molar-refractivity contribution in [2.75, 3.05) is 36.5 Å². The maximum Gasteiger partial charge on any atom is 0.439 e. The fraction of sp³-hybridized carbons (Fsp3) is 0.292. The lowest BCUT2D eigenvalue weighted by Gasteiger charge is -2.34. The van der Waals surface area contributed by atoms with Crippen LogP contribution in [0, 0.1) is 0 Å². The highest BCUT2D eigenvalue weighted by atomic mass is 16.5. The number of nitrogens with one attached hydrogen (secondary N) is 2. The molecular formula is C24H23N5O7. The summed E-state index contributed by atoms with van der Waals surface area (Å²) in [6.45, 7) is 1.75. The Balaban J connectivity index is 1.25. The Morgan fingerprint density at radius 2 is 1.89 bits per heavy atom. The monoisotopic (exact) mass is 493 g/mol. The standard InChI is InChI=1S/C24H23N5O7/c30-18(21(31)25-16-7-5-14(6-8-16)20-26-24(34)36-27-20)19-23(33)29(11-12-35-19)17-4-1-3-15(13-17)22(32)28-9-2-10-28/h1,3-8,13,18-19,30H,2,9-12H2,(H,25,31)(H,26,27,34)/t18-,19-/m1/s1. The van der Waals surface area contributed by atoms with Crippen molar-refractivity contribution in [1.82, 2.24) is 15.0 Å². The number of anilines is 2. The minimum absolute atomic E-state index is 0.0966. The van der Waals surface area contributed by atoms with Gasteiger partial charge in [0.25, 0.3) is 17.7 Å². The van der Waals surface area contributed by atoms with Crippen molar-refractivity contribution in [3.05, 3.63) is 64.6 Å². The van der Waals surface area contributed by atoms with Gasteiger partial charge in [0.05, 0.1) is 6.61 Å². The van der Waals surface area contributed by atoms with Crippen molar-refractivity contribution in [2.45, 2.75) is 18.6 Å². The highest BCUT2D eigenvalue weighted by Crippen LogP contribution is 2.24. The molecule has 12 nitrogen and oxygen atoms in total. The molecule has 0 radical (unpaired) electrons. The Kier molecular flexibility index (Phi) is 6.36. The first-order valence-electron chi connectivity index (χ1n) is 11.4. The van der Waals surface area contributed by atoms with Crippen molar-refractivity contribution in [3.63, 3.8) is 0 Å². The molecule has 3 heterocycles. The van der Waals surface area contributed by atoms with E-state index in [4.69, 9.17) is 4.74 Å². The summed E-state index contributed by atoms with van der Waals surface area (Å²) >= 11 is 0. The number of hydrogen-bond donors (Lipinski definition) is 3. The van der Waals surface area contributed by atoms with Gasteiger partial charge in [0.1, 0.15) is 0 Å². The van der Waals surface area contributed by atoms with Crippen LogP contribution in [0.25, 0.3) is 11.4 Å². The summed E-state index contributed by atoms with van der Waals surface area (Å²) in [6.07, 6.45) is -2.20. The first-order chi connectivity index (χ1) is 17.4. The lowest BCUT2D eigenvalue weighted by molar-refractivity contribution is -0.150. The van der Waals surface area contributed by atoms with Gasteiger partial charge in [-0.15, -0.1) is 0 Å². The van der Waals surface area contributed by atoms with Crippen LogP contribution in [0.1, 0.15) is 16.8 Å². The fourth-order valence-corrected chi connectivity index (χ4v) is 4.02. The number of aliphatic hydroxyl groups is 1. The van der Waals surface area contributed by atoms with Gasteiger partial charge in [0.15, 0.2) is 18.0 Å². The number of aromatic amines is 1. The molecule has 2 saturated heterocycles. The molecule has 36 heavy (non-hydrogen) atoms. The first-order valence-corrected chi connectivity index (χ1v) is 11.4. The molecule has 2 aromatic carbocycles. The summed E-state index contributed by atoms with van der Waals surface area (Å²) in [5.74, 6) is -1.95. The second kappa shape index (κ2) is 9.76. The van der Waals surface area contributed by atoms with E-state index in [2.05, 4.69) is 20.0 Å². The maximum absolute atomic E-state index is 13.1. The zero-order chi connectivity index (χ0) is 25.2. The molecule has 5 rings (SSSR count). The molecule has 0 spiro atoms. The van der Waals surface area contributed by atoms with Gasteiger partial charge in [-0.25, -0.2) is 4.79 Å². The van der Waals surface area contributed by atoms with Crippen LogP contribution in [0.5, 0.6) is 0 Å². The number of amides is 3. The minimum atomic E-state index is -1.77. The molecule has 0 aliphatic carbocycles. The Bertz CT molecular complexity index is 1350. The number of carbonyl (C=O) groups excluding carboxylic acids is 3. The van der Waals surface area contributed by atoms with Gasteiger partial charge in [-0.05, 0) is 48.9 Å². The average Bonchev–Trinajstić information content (AvgIpc) is 3.29. The molecular weight excluding hydrogens is 470 g/mol. The summed E-state index contributed by atoms with van der Waals surface area (Å²) in [5.41, 5.74) is 1.87. The normalized spacial score (nSPS) is 18.5. The van der Waals surface area contributed by atoms with Crippen LogP contribution in [0.15, 0.2) is 57.8 Å². The van der Waals surface area contributed by atoms with Crippen molar-refractivity contribution in [2.24, 2.45) is 0 Å². The lowest BCUT2D eigenvalue weighted by atomic mass is 10.1. The number of nitrogens with zero attached hydrogens (tertiary/aromatic N) is 3. The van der Waals surface area contributed by atoms with Crippen molar-refractivity contribution >= 4 is 29.1 Å². The van der Waals surface area contributed by atoms with Crippen LogP contribution in [-0.2, 0) is 14.3 Å². The van der Waals surface area contributed by atoms with Crippen LogP contribution >= 0.6 is 0 Å². The van der Waals surface area contributed by atoms with E-state index in [9.17, 15) is 24.3 Å². The number of morpholine rings is 1. The van der Waals surface area contributed by atoms with Crippen LogP contribution in [0.3, 0.4) is 0 Å². The number of hydrogen-bond acceptors (Lipinski definition) is 8. The summed E-state index contributed by atoms with van der Waals surface area (Å²) < 4.78 is 9.92. The van der Waals surface area contributed by atoms with Gasteiger partial charge in [0, 0.05) is 42.1 Å². The molecule has 1 aromatic heterocycles. The Morgan fingerprint density at radius 1 is 1.11 bits per heavy atom. The Hall–Kier alpha value is -4.29. The van der Waals surface area contributed by atoms with Crippen molar-refractivity contribution in [1.29, 1.82) is 0 Å². The summed E-state index contributed by atoms with van der Waals surface area (Å²) in [6, 6.07) is 13.0. The highest BCUT2D eigenvalue weighted by Gasteiger charge is 2.39. The second-order valence-electron chi connectivity index (χ2n) is 8.43. The molecule has 2 atom stereocenters. The number of rotatable bonds is 6. The van der Waals surface area contributed by atoms with Gasteiger partial charge in [0.2, 0.25) is 0 Å². The van der Waals surface area contributed by atoms with E-state index >= 15 is 0 Å². The molecule has 0 bridgehead atoms. The topological polar surface area (TPSA) is 158 Å². The summed E-state index contributed by atoms with van der Waals surface area (Å²) in [5, 5.41) is 16.8. The lowest BCUT2D eigenvalue weighted by Crippen LogP contribution is -2.55. The number of H-pyrrole nitrogens is 1. The molecule has 3 amide bonds. The van der Waals surface area contributed by atoms with E-state index in [0.717, 1.165) is 6.42 Å². The molecule has 186 valence electrons. The highest BCUT2D eigenvalue weighted by molar-refractivity contribution is 6.04. The number of carbonyl (C=O) groups is 3. The van der Waals surface area contributed by atoms with Crippen LogP contribution < -0.4 is 16.0 Å². The fourth-order valence-electron chi connectivity index (χ4n) is 4.02. The van der Waals surface area contributed by atoms with Crippen molar-refractivity contribution in [3.8, 4) is 11.4 Å². The minimum Gasteiger partial charge on any atom is -0.380 e. The summed E-state index contributed by atoms with van der Waals surface area (Å²) in [4.78, 5) is 55.0. The average molecular weight is 493 g/mol. The summed E-state index contributed by atoms with van der Waals surface area (Å²) in [7, 11) is 0. The van der Waals surface area contributed by atoms with Crippen LogP contribution in [0.4, 0.5) is 11.4 Å². The maximum atomic E-state index is 13.1. The molecule has 2 fully saturated rings. The third-order valence-electron chi connectivity index (χ3n) is 6.09. The Labute approximate surface area is 204 Å². The van der Waals surface area contributed by atoms with E-state index in [0.29, 0.717) is 35.6 Å². The van der Waals surface area contributed by atoms with Gasteiger partial charge in [-0.1, -0.05) is 11.2 Å². The van der Waals surface area contributed by atoms with E-state index in [1.807, 2.05) is 0 Å². The van der Waals surface area contributed by atoms with E-state index < -0.39 is 29.8 Å². The predicted octanol–water partition coefficient (Wildman–Crippen LogP) is 0.607. The number of ether oxygens (including phenoxy) is 1. The molecule has 12 heteroatoms. The zero-order valence-electron chi connectivity index (χ0n) is 19.0.